The van der Waals surface area contributed by atoms with Crippen LogP contribution in [0.4, 0.5) is 0 Å². The van der Waals surface area contributed by atoms with E-state index in [4.69, 9.17) is 9.84 Å². The van der Waals surface area contributed by atoms with E-state index < -0.39 is 5.97 Å². The van der Waals surface area contributed by atoms with Crippen LogP contribution in [0.3, 0.4) is 0 Å². The Morgan fingerprint density at radius 1 is 1.10 bits per heavy atom. The van der Waals surface area contributed by atoms with E-state index in [1.807, 2.05) is 37.3 Å². The topological polar surface area (TPSA) is 59.4 Å². The number of aromatic nitrogens is 1. The third-order valence-electron chi connectivity index (χ3n) is 3.13. The Kier molecular flexibility index (Phi) is 3.28. The Morgan fingerprint density at radius 2 is 1.90 bits per heavy atom. The van der Waals surface area contributed by atoms with Crippen LogP contribution in [0, 0.1) is 6.92 Å². The second kappa shape index (κ2) is 5.25. The summed E-state index contributed by atoms with van der Waals surface area (Å²) in [5.41, 5.74) is 1.85. The quantitative estimate of drug-likeness (QED) is 0.786. The van der Waals surface area contributed by atoms with Gasteiger partial charge < -0.3 is 9.84 Å². The van der Waals surface area contributed by atoms with Gasteiger partial charge in [-0.2, -0.15) is 0 Å². The highest BCUT2D eigenvalue weighted by molar-refractivity contribution is 5.88. The number of pyridine rings is 1. The van der Waals surface area contributed by atoms with Crippen LogP contribution in [0.1, 0.15) is 16.1 Å². The summed E-state index contributed by atoms with van der Waals surface area (Å²) in [6, 6.07) is 16.0. The number of carboxylic acid groups (broad SMARTS) is 1. The fourth-order valence-corrected chi connectivity index (χ4v) is 2.12. The van der Waals surface area contributed by atoms with Gasteiger partial charge in [0.1, 0.15) is 11.3 Å². The summed E-state index contributed by atoms with van der Waals surface area (Å²) in [4.78, 5) is 15.5. The van der Waals surface area contributed by atoms with Crippen LogP contribution in [0.25, 0.3) is 10.9 Å². The molecule has 0 saturated carbocycles. The predicted octanol–water partition coefficient (Wildman–Crippen LogP) is 4.03. The number of fused-ring (bicyclic) bond motifs is 1. The predicted molar refractivity (Wildman–Crippen MR) is 80.0 cm³/mol. The van der Waals surface area contributed by atoms with Gasteiger partial charge in [0, 0.05) is 11.1 Å². The molecular formula is C17H13NO3. The van der Waals surface area contributed by atoms with Crippen molar-refractivity contribution in [1.82, 2.24) is 4.98 Å². The summed E-state index contributed by atoms with van der Waals surface area (Å²) in [7, 11) is 0. The normalized spacial score (nSPS) is 10.5. The number of nitrogens with zero attached hydrogens (tertiary/aromatic N) is 1. The molecule has 104 valence electrons. The maximum absolute atomic E-state index is 11.0. The minimum atomic E-state index is -0.979. The van der Waals surface area contributed by atoms with Gasteiger partial charge in [-0.1, -0.05) is 24.3 Å². The standard InChI is InChI=1S/C17H13NO3/c1-11-8-9-12-4-3-7-15(16(12)18-11)21-14-6-2-5-13(10-14)17(19)20/h2-10H,1H3,(H,19,20). The first-order chi connectivity index (χ1) is 10.1. The van der Waals surface area contributed by atoms with Crippen molar-refractivity contribution < 1.29 is 14.6 Å². The minimum Gasteiger partial charge on any atom is -0.478 e. The molecule has 4 heteroatoms. The number of aryl methyl sites for hydroxylation is 1. The highest BCUT2D eigenvalue weighted by atomic mass is 16.5. The lowest BCUT2D eigenvalue weighted by Crippen LogP contribution is -1.96. The van der Waals surface area contributed by atoms with Crippen LogP contribution in [0.15, 0.2) is 54.6 Å². The van der Waals surface area contributed by atoms with Gasteiger partial charge in [0.05, 0.1) is 5.56 Å². The van der Waals surface area contributed by atoms with E-state index >= 15 is 0 Å². The van der Waals surface area contributed by atoms with Gasteiger partial charge in [-0.15, -0.1) is 0 Å². The number of para-hydroxylation sites is 1. The molecular weight excluding hydrogens is 266 g/mol. The molecule has 0 spiro atoms. The van der Waals surface area contributed by atoms with Crippen molar-refractivity contribution in [3.05, 3.63) is 65.9 Å². The summed E-state index contributed by atoms with van der Waals surface area (Å²) in [6.45, 7) is 1.92. The molecule has 0 unspecified atom stereocenters. The van der Waals surface area contributed by atoms with Crippen molar-refractivity contribution in [2.75, 3.05) is 0 Å². The average Bonchev–Trinajstić information content (AvgIpc) is 2.48. The van der Waals surface area contributed by atoms with Crippen molar-refractivity contribution in [2.45, 2.75) is 6.92 Å². The zero-order chi connectivity index (χ0) is 14.8. The molecule has 0 bridgehead atoms. The van der Waals surface area contributed by atoms with E-state index in [0.29, 0.717) is 11.5 Å². The molecule has 21 heavy (non-hydrogen) atoms. The molecule has 1 N–H and O–H groups in total. The van der Waals surface area contributed by atoms with E-state index in [1.165, 1.54) is 12.1 Å². The summed E-state index contributed by atoms with van der Waals surface area (Å²) < 4.78 is 5.81. The van der Waals surface area contributed by atoms with E-state index in [1.54, 1.807) is 12.1 Å². The van der Waals surface area contributed by atoms with Crippen molar-refractivity contribution in [2.24, 2.45) is 0 Å². The number of hydrogen-bond acceptors (Lipinski definition) is 3. The molecule has 0 saturated heterocycles. The third-order valence-corrected chi connectivity index (χ3v) is 3.13. The summed E-state index contributed by atoms with van der Waals surface area (Å²) in [5.74, 6) is 0.108. The van der Waals surface area contributed by atoms with E-state index in [0.717, 1.165) is 16.6 Å². The van der Waals surface area contributed by atoms with Gasteiger partial charge in [-0.3, -0.25) is 0 Å². The second-order valence-electron chi connectivity index (χ2n) is 4.72. The molecule has 0 amide bonds. The largest absolute Gasteiger partial charge is 0.478 e. The van der Waals surface area contributed by atoms with Crippen molar-refractivity contribution >= 4 is 16.9 Å². The molecule has 0 radical (unpaired) electrons. The molecule has 0 aliphatic carbocycles. The van der Waals surface area contributed by atoms with Crippen LogP contribution in [-0.4, -0.2) is 16.1 Å². The molecule has 1 heterocycles. The van der Waals surface area contributed by atoms with Crippen LogP contribution in [0.2, 0.25) is 0 Å². The SMILES string of the molecule is Cc1ccc2cccc(Oc3cccc(C(=O)O)c3)c2n1. The van der Waals surface area contributed by atoms with Crippen molar-refractivity contribution in [3.8, 4) is 11.5 Å². The maximum Gasteiger partial charge on any atom is 0.335 e. The molecule has 0 fully saturated rings. The van der Waals surface area contributed by atoms with Gasteiger partial charge in [-0.25, -0.2) is 9.78 Å². The number of aromatic carboxylic acids is 1. The maximum atomic E-state index is 11.0. The number of rotatable bonds is 3. The number of hydrogen-bond donors (Lipinski definition) is 1. The van der Waals surface area contributed by atoms with Gasteiger partial charge in [0.2, 0.25) is 0 Å². The van der Waals surface area contributed by atoms with Gasteiger partial charge in [0.15, 0.2) is 5.75 Å². The van der Waals surface area contributed by atoms with E-state index in [-0.39, 0.29) is 5.56 Å². The Labute approximate surface area is 121 Å². The van der Waals surface area contributed by atoms with Crippen LogP contribution in [0.5, 0.6) is 11.5 Å². The molecule has 2 aromatic carbocycles. The Balaban J connectivity index is 2.04. The monoisotopic (exact) mass is 279 g/mol. The Bertz CT molecular complexity index is 827. The molecule has 1 aromatic heterocycles. The van der Waals surface area contributed by atoms with Crippen molar-refractivity contribution in [3.63, 3.8) is 0 Å². The molecule has 0 atom stereocenters. The summed E-state index contributed by atoms with van der Waals surface area (Å²) >= 11 is 0. The number of carbonyl (C=O) groups is 1. The Morgan fingerprint density at radius 3 is 2.71 bits per heavy atom. The fourth-order valence-electron chi connectivity index (χ4n) is 2.12. The molecule has 4 nitrogen and oxygen atoms in total. The molecule has 0 aliphatic heterocycles. The first-order valence-corrected chi connectivity index (χ1v) is 6.51. The van der Waals surface area contributed by atoms with Gasteiger partial charge in [-0.05, 0) is 37.3 Å². The summed E-state index contributed by atoms with van der Waals surface area (Å²) in [6.07, 6.45) is 0. The van der Waals surface area contributed by atoms with Gasteiger partial charge in [0.25, 0.3) is 0 Å². The molecule has 3 rings (SSSR count). The number of ether oxygens (including phenoxy) is 1. The van der Waals surface area contributed by atoms with Gasteiger partial charge >= 0.3 is 5.97 Å². The zero-order valence-electron chi connectivity index (χ0n) is 11.4. The van der Waals surface area contributed by atoms with Crippen LogP contribution >= 0.6 is 0 Å². The van der Waals surface area contributed by atoms with E-state index in [9.17, 15) is 4.79 Å². The average molecular weight is 279 g/mol. The van der Waals surface area contributed by atoms with Crippen LogP contribution < -0.4 is 4.74 Å². The highest BCUT2D eigenvalue weighted by Crippen LogP contribution is 2.29. The smallest absolute Gasteiger partial charge is 0.335 e. The summed E-state index contributed by atoms with van der Waals surface area (Å²) in [5, 5.41) is 9.99. The lowest BCUT2D eigenvalue weighted by Gasteiger charge is -2.09. The third kappa shape index (κ3) is 2.69. The first-order valence-electron chi connectivity index (χ1n) is 6.51. The van der Waals surface area contributed by atoms with Crippen molar-refractivity contribution in [1.29, 1.82) is 0 Å². The lowest BCUT2D eigenvalue weighted by molar-refractivity contribution is 0.0696. The molecule has 3 aromatic rings. The van der Waals surface area contributed by atoms with E-state index in [2.05, 4.69) is 4.98 Å². The minimum absolute atomic E-state index is 0.192. The fraction of sp³-hybridized carbons (Fsp3) is 0.0588. The zero-order valence-corrected chi connectivity index (χ0v) is 11.4. The Hall–Kier alpha value is -2.88. The molecule has 0 aliphatic rings. The lowest BCUT2D eigenvalue weighted by atomic mass is 10.2. The second-order valence-corrected chi connectivity index (χ2v) is 4.72. The first kappa shape index (κ1) is 13.1. The number of carboxylic acids is 1. The van der Waals surface area contributed by atoms with Crippen LogP contribution in [-0.2, 0) is 0 Å². The number of benzene rings is 2. The highest BCUT2D eigenvalue weighted by Gasteiger charge is 2.08.